The van der Waals surface area contributed by atoms with Gasteiger partial charge in [0.05, 0.1) is 6.54 Å². The van der Waals surface area contributed by atoms with Crippen molar-refractivity contribution in [3.05, 3.63) is 83.8 Å². The molecule has 0 unspecified atom stereocenters. The molecule has 0 heterocycles. The first-order valence-electron chi connectivity index (χ1n) is 8.96. The summed E-state index contributed by atoms with van der Waals surface area (Å²) in [4.78, 5) is 14.9. The van der Waals surface area contributed by atoms with Crippen molar-refractivity contribution >= 4 is 5.91 Å². The fourth-order valence-corrected chi connectivity index (χ4v) is 4.03. The molecule has 1 amide bonds. The monoisotopic (exact) mass is 351 g/mol. The van der Waals surface area contributed by atoms with Crippen molar-refractivity contribution in [2.75, 3.05) is 0 Å². The second-order valence-corrected chi connectivity index (χ2v) is 8.25. The van der Waals surface area contributed by atoms with Gasteiger partial charge in [0.25, 0.3) is 5.91 Å². The first kappa shape index (κ1) is 18.4. The van der Waals surface area contributed by atoms with Crippen molar-refractivity contribution in [2.45, 2.75) is 34.2 Å². The second kappa shape index (κ2) is 6.39. The van der Waals surface area contributed by atoms with Gasteiger partial charge in [0.15, 0.2) is 0 Å². The SMILES string of the molecule is C=C(C1C(C)(C)C1(C)C)N(Cc1ccccc1)C(=O)c1cccc(F)c1. The van der Waals surface area contributed by atoms with Gasteiger partial charge in [-0.15, -0.1) is 0 Å². The van der Waals surface area contributed by atoms with Crippen LogP contribution in [0.25, 0.3) is 0 Å². The maximum atomic E-state index is 13.6. The third kappa shape index (κ3) is 3.07. The van der Waals surface area contributed by atoms with Crippen LogP contribution in [0, 0.1) is 22.6 Å². The van der Waals surface area contributed by atoms with Gasteiger partial charge in [0.1, 0.15) is 5.82 Å². The lowest BCUT2D eigenvalue weighted by Crippen LogP contribution is -2.31. The maximum Gasteiger partial charge on any atom is 0.258 e. The summed E-state index contributed by atoms with van der Waals surface area (Å²) in [6.07, 6.45) is 0. The van der Waals surface area contributed by atoms with Crippen molar-refractivity contribution in [2.24, 2.45) is 16.7 Å². The van der Waals surface area contributed by atoms with E-state index in [4.69, 9.17) is 0 Å². The van der Waals surface area contributed by atoms with E-state index in [-0.39, 0.29) is 22.7 Å². The molecule has 1 aliphatic rings. The molecule has 0 N–H and O–H groups in total. The molecule has 0 aromatic heterocycles. The van der Waals surface area contributed by atoms with Crippen LogP contribution in [0.15, 0.2) is 66.9 Å². The average Bonchev–Trinajstić information content (AvgIpc) is 3.01. The summed E-state index contributed by atoms with van der Waals surface area (Å²) < 4.78 is 13.6. The minimum Gasteiger partial charge on any atom is -0.308 e. The van der Waals surface area contributed by atoms with E-state index in [0.717, 1.165) is 11.3 Å². The van der Waals surface area contributed by atoms with E-state index in [2.05, 4.69) is 34.3 Å². The number of carbonyl (C=O) groups excluding carboxylic acids is 1. The highest BCUT2D eigenvalue weighted by molar-refractivity contribution is 5.95. The standard InChI is InChI=1S/C23H26FNO/c1-16(20-22(2,3)23(20,4)5)25(15-17-10-7-6-8-11-17)21(26)18-12-9-13-19(24)14-18/h6-14,20H,1,15H2,2-5H3. The van der Waals surface area contributed by atoms with Gasteiger partial charge in [-0.1, -0.05) is 70.7 Å². The van der Waals surface area contributed by atoms with E-state index in [1.54, 1.807) is 17.0 Å². The first-order valence-corrected chi connectivity index (χ1v) is 8.96. The zero-order valence-electron chi connectivity index (χ0n) is 15.9. The number of rotatable bonds is 5. The number of hydrogen-bond acceptors (Lipinski definition) is 1. The molecule has 1 fully saturated rings. The minimum absolute atomic E-state index is 0.0707. The van der Waals surface area contributed by atoms with Gasteiger partial charge >= 0.3 is 0 Å². The van der Waals surface area contributed by atoms with Crippen LogP contribution in [0.5, 0.6) is 0 Å². The Morgan fingerprint density at radius 3 is 2.19 bits per heavy atom. The van der Waals surface area contributed by atoms with Crippen molar-refractivity contribution < 1.29 is 9.18 Å². The van der Waals surface area contributed by atoms with E-state index >= 15 is 0 Å². The van der Waals surface area contributed by atoms with Gasteiger partial charge in [-0.05, 0) is 34.6 Å². The number of amides is 1. The lowest BCUT2D eigenvalue weighted by atomic mass is 10.0. The Bertz CT molecular complexity index is 824. The van der Waals surface area contributed by atoms with E-state index in [9.17, 15) is 9.18 Å². The van der Waals surface area contributed by atoms with Gasteiger partial charge in [-0.25, -0.2) is 4.39 Å². The predicted molar refractivity (Wildman–Crippen MR) is 103 cm³/mol. The molecule has 0 saturated heterocycles. The summed E-state index contributed by atoms with van der Waals surface area (Å²) in [5.41, 5.74) is 2.31. The molecule has 3 heteroatoms. The van der Waals surface area contributed by atoms with E-state index in [1.807, 2.05) is 30.3 Å². The largest absolute Gasteiger partial charge is 0.308 e. The number of allylic oxidation sites excluding steroid dienone is 1. The van der Waals surface area contributed by atoms with E-state index in [0.29, 0.717) is 12.1 Å². The molecule has 26 heavy (non-hydrogen) atoms. The van der Waals surface area contributed by atoms with Crippen LogP contribution in [0.2, 0.25) is 0 Å². The Morgan fingerprint density at radius 2 is 1.65 bits per heavy atom. The number of nitrogens with zero attached hydrogens (tertiary/aromatic N) is 1. The Balaban J connectivity index is 1.95. The zero-order valence-corrected chi connectivity index (χ0v) is 15.9. The molecule has 3 rings (SSSR count). The van der Waals surface area contributed by atoms with Gasteiger partial charge in [-0.2, -0.15) is 0 Å². The van der Waals surface area contributed by atoms with Crippen molar-refractivity contribution in [3.8, 4) is 0 Å². The molecule has 2 aromatic carbocycles. The highest BCUT2D eigenvalue weighted by atomic mass is 19.1. The highest BCUT2D eigenvalue weighted by Crippen LogP contribution is 2.71. The van der Waals surface area contributed by atoms with Crippen molar-refractivity contribution in [1.29, 1.82) is 0 Å². The molecular formula is C23H26FNO. The summed E-state index contributed by atoms with van der Waals surface area (Å²) in [6, 6.07) is 15.7. The number of benzene rings is 2. The Hall–Kier alpha value is -2.42. The summed E-state index contributed by atoms with van der Waals surface area (Å²) in [7, 11) is 0. The first-order chi connectivity index (χ1) is 12.2. The van der Waals surface area contributed by atoms with E-state index in [1.165, 1.54) is 12.1 Å². The van der Waals surface area contributed by atoms with Crippen molar-refractivity contribution in [3.63, 3.8) is 0 Å². The summed E-state index contributed by atoms with van der Waals surface area (Å²) in [5, 5.41) is 0. The Morgan fingerprint density at radius 1 is 1.04 bits per heavy atom. The summed E-state index contributed by atoms with van der Waals surface area (Å²) >= 11 is 0. The van der Waals surface area contributed by atoms with Crippen LogP contribution in [0.3, 0.4) is 0 Å². The normalized spacial score (nSPS) is 17.6. The lowest BCUT2D eigenvalue weighted by Gasteiger charge is -2.27. The Kier molecular flexibility index (Phi) is 4.51. The summed E-state index contributed by atoms with van der Waals surface area (Å²) in [5.74, 6) is -0.415. The van der Waals surface area contributed by atoms with Crippen LogP contribution < -0.4 is 0 Å². The maximum absolute atomic E-state index is 13.6. The third-order valence-electron chi connectivity index (χ3n) is 6.20. The summed E-state index contributed by atoms with van der Waals surface area (Å²) in [6.45, 7) is 13.5. The van der Waals surface area contributed by atoms with Crippen LogP contribution in [-0.2, 0) is 6.54 Å². The molecule has 0 bridgehead atoms. The fraction of sp³-hybridized carbons (Fsp3) is 0.348. The third-order valence-corrected chi connectivity index (χ3v) is 6.20. The minimum atomic E-state index is -0.409. The molecule has 2 nitrogen and oxygen atoms in total. The second-order valence-electron chi connectivity index (χ2n) is 8.25. The van der Waals surface area contributed by atoms with E-state index < -0.39 is 5.82 Å². The predicted octanol–water partition coefficient (Wildman–Crippen LogP) is 5.66. The van der Waals surface area contributed by atoms with Crippen LogP contribution >= 0.6 is 0 Å². The van der Waals surface area contributed by atoms with Crippen molar-refractivity contribution in [1.82, 2.24) is 4.90 Å². The van der Waals surface area contributed by atoms with Gasteiger partial charge < -0.3 is 4.90 Å². The fourth-order valence-electron chi connectivity index (χ4n) is 4.03. The van der Waals surface area contributed by atoms with Gasteiger partial charge in [-0.3, -0.25) is 4.79 Å². The smallest absolute Gasteiger partial charge is 0.258 e. The Labute approximate surface area is 155 Å². The number of hydrogen-bond donors (Lipinski definition) is 0. The topological polar surface area (TPSA) is 20.3 Å². The van der Waals surface area contributed by atoms with Crippen LogP contribution in [0.1, 0.15) is 43.6 Å². The average molecular weight is 351 g/mol. The zero-order chi connectivity index (χ0) is 19.1. The molecular weight excluding hydrogens is 325 g/mol. The highest BCUT2D eigenvalue weighted by Gasteiger charge is 2.66. The van der Waals surface area contributed by atoms with Crippen LogP contribution in [0.4, 0.5) is 4.39 Å². The quantitative estimate of drug-likeness (QED) is 0.680. The van der Waals surface area contributed by atoms with Gasteiger partial charge in [0, 0.05) is 17.2 Å². The molecule has 0 radical (unpaired) electrons. The molecule has 1 saturated carbocycles. The number of carbonyl (C=O) groups is 1. The lowest BCUT2D eigenvalue weighted by molar-refractivity contribution is 0.0784. The molecule has 0 aliphatic heterocycles. The molecule has 0 atom stereocenters. The van der Waals surface area contributed by atoms with Crippen LogP contribution in [-0.4, -0.2) is 10.8 Å². The molecule has 136 valence electrons. The molecule has 1 aliphatic carbocycles. The van der Waals surface area contributed by atoms with Gasteiger partial charge in [0.2, 0.25) is 0 Å². The molecule has 2 aromatic rings. The number of halogens is 1. The molecule has 0 spiro atoms.